The minimum absolute atomic E-state index is 0.160. The van der Waals surface area contributed by atoms with Gasteiger partial charge in [-0.05, 0) is 55.5 Å². The number of hydrogen-bond acceptors (Lipinski definition) is 4. The van der Waals surface area contributed by atoms with E-state index in [4.69, 9.17) is 25.8 Å². The first-order valence-electron chi connectivity index (χ1n) is 10.8. The van der Waals surface area contributed by atoms with Gasteiger partial charge in [0.25, 0.3) is 0 Å². The van der Waals surface area contributed by atoms with Gasteiger partial charge < -0.3 is 18.8 Å². The Labute approximate surface area is 200 Å². The van der Waals surface area contributed by atoms with Gasteiger partial charge in [-0.2, -0.15) is 0 Å². The summed E-state index contributed by atoms with van der Waals surface area (Å²) in [6.45, 7) is 3.01. The number of ketones is 1. The van der Waals surface area contributed by atoms with Gasteiger partial charge in [0.2, 0.25) is 5.78 Å². The third-order valence-corrected chi connectivity index (χ3v) is 6.15. The molecule has 5 nitrogen and oxygen atoms in total. The van der Waals surface area contributed by atoms with Gasteiger partial charge in [-0.15, -0.1) is 0 Å². The second kappa shape index (κ2) is 8.88. The molecule has 4 aromatic rings. The molecule has 0 saturated carbocycles. The van der Waals surface area contributed by atoms with Crippen molar-refractivity contribution in [1.82, 2.24) is 4.57 Å². The number of carbonyl (C=O) groups is 1. The first kappa shape index (κ1) is 22.0. The molecule has 1 aromatic heterocycles. The van der Waals surface area contributed by atoms with E-state index in [1.54, 1.807) is 37.5 Å². The summed E-state index contributed by atoms with van der Waals surface area (Å²) in [5, 5.41) is 1.27. The van der Waals surface area contributed by atoms with Gasteiger partial charge in [0.15, 0.2) is 5.76 Å². The van der Waals surface area contributed by atoms with Gasteiger partial charge in [0, 0.05) is 40.8 Å². The summed E-state index contributed by atoms with van der Waals surface area (Å²) in [5.41, 5.74) is 3.04. The summed E-state index contributed by atoms with van der Waals surface area (Å²) in [4.78, 5) is 13.0. The third kappa shape index (κ3) is 4.01. The number of nitrogens with zero attached hydrogens (tertiary/aromatic N) is 1. The Morgan fingerprint density at radius 2 is 1.91 bits per heavy atom. The number of aromatic nitrogens is 1. The van der Waals surface area contributed by atoms with E-state index < -0.39 is 5.82 Å². The molecule has 7 heteroatoms. The number of halogens is 2. The minimum atomic E-state index is -0.405. The summed E-state index contributed by atoms with van der Waals surface area (Å²) in [7, 11) is 1.63. The van der Waals surface area contributed by atoms with E-state index in [1.807, 2.05) is 24.4 Å². The number of hydrogen-bond donors (Lipinski definition) is 0. The van der Waals surface area contributed by atoms with E-state index in [-0.39, 0.29) is 18.1 Å². The molecule has 0 N–H and O–H groups in total. The molecule has 1 aliphatic heterocycles. The summed E-state index contributed by atoms with van der Waals surface area (Å²) in [6.07, 6.45) is 3.76. The second-order valence-corrected chi connectivity index (χ2v) is 8.28. The highest BCUT2D eigenvalue weighted by molar-refractivity contribution is 6.31. The Balaban J connectivity index is 1.41. The maximum absolute atomic E-state index is 13.2. The molecule has 0 fully saturated rings. The number of fused-ring (bicyclic) bond motifs is 2. The molecular weight excluding hydrogens is 457 g/mol. The van der Waals surface area contributed by atoms with Gasteiger partial charge in [-0.25, -0.2) is 4.39 Å². The lowest BCUT2D eigenvalue weighted by atomic mass is 10.1. The number of methoxy groups -OCH3 is 1. The van der Waals surface area contributed by atoms with Crippen LogP contribution >= 0.6 is 11.6 Å². The monoisotopic (exact) mass is 477 g/mol. The van der Waals surface area contributed by atoms with Crippen molar-refractivity contribution < 1.29 is 23.4 Å². The highest BCUT2D eigenvalue weighted by Gasteiger charge is 2.28. The number of carbonyl (C=O) groups excluding carboxylic acids is 1. The topological polar surface area (TPSA) is 49.7 Å². The average Bonchev–Trinajstić information content (AvgIpc) is 3.34. The SMILES string of the molecule is CCn1cc(/C=C2/Oc3cc(OCc4ccc(F)cc4Cl)ccc3C2=O)c2cc(OC)ccc21. The molecule has 0 saturated heterocycles. The number of aryl methyl sites for hydroxylation is 1. The highest BCUT2D eigenvalue weighted by atomic mass is 35.5. The van der Waals surface area contributed by atoms with Crippen LogP contribution < -0.4 is 14.2 Å². The Morgan fingerprint density at radius 3 is 2.68 bits per heavy atom. The fraction of sp³-hybridized carbons (Fsp3) is 0.148. The molecule has 0 atom stereocenters. The Hall–Kier alpha value is -3.77. The number of rotatable bonds is 6. The van der Waals surface area contributed by atoms with Gasteiger partial charge in [-0.1, -0.05) is 17.7 Å². The van der Waals surface area contributed by atoms with E-state index in [0.29, 0.717) is 27.6 Å². The van der Waals surface area contributed by atoms with Crippen molar-refractivity contribution in [3.8, 4) is 17.2 Å². The summed E-state index contributed by atoms with van der Waals surface area (Å²) in [5.74, 6) is 1.33. The van der Waals surface area contributed by atoms with Gasteiger partial charge in [0.1, 0.15) is 29.7 Å². The van der Waals surface area contributed by atoms with Crippen LogP contribution in [-0.2, 0) is 13.2 Å². The Kier molecular flexibility index (Phi) is 5.75. The van der Waals surface area contributed by atoms with Crippen molar-refractivity contribution in [2.45, 2.75) is 20.1 Å². The molecule has 0 spiro atoms. The van der Waals surface area contributed by atoms with Gasteiger partial charge in [0.05, 0.1) is 17.7 Å². The number of allylic oxidation sites excluding steroid dienone is 1. The van der Waals surface area contributed by atoms with Crippen LogP contribution in [0.2, 0.25) is 5.02 Å². The lowest BCUT2D eigenvalue weighted by molar-refractivity contribution is 0.101. The summed E-state index contributed by atoms with van der Waals surface area (Å²) in [6, 6.07) is 15.1. The standard InChI is InChI=1S/C27H21ClFNO4/c1-3-30-14-17(22-12-19(32-2)7-9-24(22)30)10-26-27(31)21-8-6-20(13-25(21)34-26)33-15-16-4-5-18(29)11-23(16)28/h4-14H,3,15H2,1-2H3/b26-10+. The molecule has 34 heavy (non-hydrogen) atoms. The smallest absolute Gasteiger partial charge is 0.231 e. The lowest BCUT2D eigenvalue weighted by Crippen LogP contribution is -1.98. The highest BCUT2D eigenvalue weighted by Crippen LogP contribution is 2.36. The van der Waals surface area contributed by atoms with Crippen LogP contribution in [-0.4, -0.2) is 17.5 Å². The van der Waals surface area contributed by atoms with E-state index in [1.165, 1.54) is 12.1 Å². The molecule has 2 heterocycles. The molecule has 0 amide bonds. The van der Waals surface area contributed by atoms with Crippen molar-refractivity contribution in [2.24, 2.45) is 0 Å². The van der Waals surface area contributed by atoms with Crippen molar-refractivity contribution in [3.05, 3.63) is 94.1 Å². The summed E-state index contributed by atoms with van der Waals surface area (Å²) >= 11 is 6.07. The quantitative estimate of drug-likeness (QED) is 0.291. The number of Topliss-reactive ketones (excluding diaryl/α,β-unsaturated/α-hetero) is 1. The largest absolute Gasteiger partial charge is 0.497 e. The molecule has 0 bridgehead atoms. The zero-order chi connectivity index (χ0) is 23.8. The molecule has 3 aromatic carbocycles. The van der Waals surface area contributed by atoms with Crippen LogP contribution in [0.4, 0.5) is 4.39 Å². The maximum Gasteiger partial charge on any atom is 0.231 e. The van der Waals surface area contributed by atoms with Crippen LogP contribution in [0.3, 0.4) is 0 Å². The lowest BCUT2D eigenvalue weighted by Gasteiger charge is -2.08. The van der Waals surface area contributed by atoms with Crippen molar-refractivity contribution in [1.29, 1.82) is 0 Å². The average molecular weight is 478 g/mol. The molecule has 0 aliphatic carbocycles. The van der Waals surface area contributed by atoms with Gasteiger partial charge >= 0.3 is 0 Å². The van der Waals surface area contributed by atoms with E-state index >= 15 is 0 Å². The molecule has 172 valence electrons. The normalized spacial score (nSPS) is 13.9. The minimum Gasteiger partial charge on any atom is -0.497 e. The zero-order valence-electron chi connectivity index (χ0n) is 18.6. The third-order valence-electron chi connectivity index (χ3n) is 5.80. The Bertz CT molecular complexity index is 1460. The van der Waals surface area contributed by atoms with E-state index in [2.05, 4.69) is 11.5 Å². The number of ether oxygens (including phenoxy) is 3. The first-order valence-corrected chi connectivity index (χ1v) is 11.2. The van der Waals surface area contributed by atoms with Crippen LogP contribution in [0.15, 0.2) is 66.6 Å². The van der Waals surface area contributed by atoms with E-state index in [0.717, 1.165) is 28.8 Å². The fourth-order valence-corrected chi connectivity index (χ4v) is 4.23. The molecular formula is C27H21ClFNO4. The van der Waals surface area contributed by atoms with Crippen LogP contribution in [0.1, 0.15) is 28.4 Å². The predicted octanol–water partition coefficient (Wildman–Crippen LogP) is 6.66. The van der Waals surface area contributed by atoms with Gasteiger partial charge in [-0.3, -0.25) is 4.79 Å². The predicted molar refractivity (Wildman–Crippen MR) is 129 cm³/mol. The van der Waals surface area contributed by atoms with E-state index in [9.17, 15) is 9.18 Å². The zero-order valence-corrected chi connectivity index (χ0v) is 19.4. The molecule has 5 rings (SSSR count). The molecule has 0 radical (unpaired) electrons. The van der Waals surface area contributed by atoms with Crippen molar-refractivity contribution >= 4 is 34.4 Å². The van der Waals surface area contributed by atoms with Crippen LogP contribution in [0, 0.1) is 5.82 Å². The molecule has 1 aliphatic rings. The number of benzene rings is 3. The molecule has 0 unspecified atom stereocenters. The first-order chi connectivity index (χ1) is 16.5. The van der Waals surface area contributed by atoms with Crippen LogP contribution in [0.5, 0.6) is 17.2 Å². The van der Waals surface area contributed by atoms with Crippen LogP contribution in [0.25, 0.3) is 17.0 Å². The van der Waals surface area contributed by atoms with Crippen molar-refractivity contribution in [3.63, 3.8) is 0 Å². The second-order valence-electron chi connectivity index (χ2n) is 7.88. The maximum atomic E-state index is 13.2. The summed E-state index contributed by atoms with van der Waals surface area (Å²) < 4.78 is 32.4. The fourth-order valence-electron chi connectivity index (χ4n) is 4.01. The Morgan fingerprint density at radius 1 is 1.09 bits per heavy atom. The van der Waals surface area contributed by atoms with Crippen molar-refractivity contribution in [2.75, 3.05) is 7.11 Å².